The molecule has 1 N–H and O–H groups in total. The Morgan fingerprint density at radius 3 is 3.07 bits per heavy atom. The lowest BCUT2D eigenvalue weighted by atomic mass is 9.96. The van der Waals surface area contributed by atoms with E-state index < -0.39 is 5.97 Å². The van der Waals surface area contributed by atoms with Gasteiger partial charge in [0.25, 0.3) is 0 Å². The molecule has 0 spiro atoms. The van der Waals surface area contributed by atoms with E-state index in [2.05, 4.69) is 4.98 Å². The standard InChI is InChI=1S/C11H11NO3/c1-15-9-6-7-4-2-3-5-8(7)10(12-9)11(13)14/h3,5-6H,2,4H2,1H3,(H,13,14). The first-order valence-electron chi connectivity index (χ1n) is 4.70. The SMILES string of the molecule is COc1cc2c(c(C(=O)O)n1)C=CCC2. The average Bonchev–Trinajstić information content (AvgIpc) is 2.27. The molecule has 0 aromatic carbocycles. The maximum absolute atomic E-state index is 11.0. The fraction of sp³-hybridized carbons (Fsp3) is 0.273. The van der Waals surface area contributed by atoms with Gasteiger partial charge in [-0.2, -0.15) is 0 Å². The molecule has 2 rings (SSSR count). The topological polar surface area (TPSA) is 59.4 Å². The molecule has 1 aliphatic rings. The minimum absolute atomic E-state index is 0.0697. The molecule has 78 valence electrons. The third-order valence-corrected chi connectivity index (χ3v) is 2.40. The number of hydrogen-bond donors (Lipinski definition) is 1. The van der Waals surface area contributed by atoms with Crippen LogP contribution >= 0.6 is 0 Å². The lowest BCUT2D eigenvalue weighted by Gasteiger charge is -2.13. The second-order valence-corrected chi connectivity index (χ2v) is 3.33. The highest BCUT2D eigenvalue weighted by molar-refractivity contribution is 5.91. The molecular formula is C11H11NO3. The number of carboxylic acid groups (broad SMARTS) is 1. The van der Waals surface area contributed by atoms with E-state index in [0.717, 1.165) is 18.4 Å². The second kappa shape index (κ2) is 3.73. The molecule has 1 aromatic heterocycles. The number of ether oxygens (including phenoxy) is 1. The third-order valence-electron chi connectivity index (χ3n) is 2.40. The smallest absolute Gasteiger partial charge is 0.355 e. The fourth-order valence-corrected chi connectivity index (χ4v) is 1.68. The third kappa shape index (κ3) is 1.70. The average molecular weight is 205 g/mol. The van der Waals surface area contributed by atoms with Crippen molar-refractivity contribution in [1.29, 1.82) is 0 Å². The Bertz CT molecular complexity index is 438. The van der Waals surface area contributed by atoms with E-state index in [1.54, 1.807) is 6.07 Å². The number of carbonyl (C=O) groups is 1. The Balaban J connectivity index is 2.62. The Morgan fingerprint density at radius 2 is 2.40 bits per heavy atom. The van der Waals surface area contributed by atoms with E-state index in [9.17, 15) is 4.79 Å². The molecule has 15 heavy (non-hydrogen) atoms. The number of hydrogen-bond acceptors (Lipinski definition) is 3. The molecule has 0 fully saturated rings. The number of pyridine rings is 1. The summed E-state index contributed by atoms with van der Waals surface area (Å²) in [5.41, 5.74) is 1.76. The molecule has 0 aliphatic heterocycles. The van der Waals surface area contributed by atoms with Crippen LogP contribution in [0.4, 0.5) is 0 Å². The van der Waals surface area contributed by atoms with Crippen molar-refractivity contribution in [1.82, 2.24) is 4.98 Å². The molecule has 0 amide bonds. The van der Waals surface area contributed by atoms with Crippen LogP contribution in [0.25, 0.3) is 6.08 Å². The largest absolute Gasteiger partial charge is 0.481 e. The predicted octanol–water partition coefficient (Wildman–Crippen LogP) is 1.75. The first kappa shape index (κ1) is 9.71. The van der Waals surface area contributed by atoms with Gasteiger partial charge >= 0.3 is 5.97 Å². The molecule has 0 radical (unpaired) electrons. The number of nitrogens with zero attached hydrogens (tertiary/aromatic N) is 1. The quantitative estimate of drug-likeness (QED) is 0.799. The summed E-state index contributed by atoms with van der Waals surface area (Å²) >= 11 is 0. The zero-order chi connectivity index (χ0) is 10.8. The number of aryl methyl sites for hydroxylation is 1. The minimum atomic E-state index is -1.02. The van der Waals surface area contributed by atoms with Gasteiger partial charge < -0.3 is 9.84 Å². The monoisotopic (exact) mass is 205 g/mol. The van der Waals surface area contributed by atoms with Gasteiger partial charge in [-0.05, 0) is 18.4 Å². The maximum Gasteiger partial charge on any atom is 0.355 e. The summed E-state index contributed by atoms with van der Waals surface area (Å²) in [6.45, 7) is 0. The van der Waals surface area contributed by atoms with Gasteiger partial charge in [-0.25, -0.2) is 9.78 Å². The van der Waals surface area contributed by atoms with Crippen LogP contribution in [0.5, 0.6) is 5.88 Å². The van der Waals surface area contributed by atoms with E-state index in [-0.39, 0.29) is 5.69 Å². The molecule has 1 heterocycles. The van der Waals surface area contributed by atoms with Crippen LogP contribution in [-0.2, 0) is 6.42 Å². The number of fused-ring (bicyclic) bond motifs is 1. The van der Waals surface area contributed by atoms with Crippen molar-refractivity contribution in [2.75, 3.05) is 7.11 Å². The Labute approximate surface area is 87.2 Å². The number of allylic oxidation sites excluding steroid dienone is 1. The van der Waals surface area contributed by atoms with Crippen molar-refractivity contribution in [3.63, 3.8) is 0 Å². The van der Waals surface area contributed by atoms with Gasteiger partial charge in [-0.1, -0.05) is 12.2 Å². The van der Waals surface area contributed by atoms with Gasteiger partial charge in [0.2, 0.25) is 5.88 Å². The van der Waals surface area contributed by atoms with Crippen molar-refractivity contribution in [3.8, 4) is 5.88 Å². The zero-order valence-corrected chi connectivity index (χ0v) is 8.36. The molecule has 1 aromatic rings. The van der Waals surface area contributed by atoms with Crippen molar-refractivity contribution >= 4 is 12.0 Å². The van der Waals surface area contributed by atoms with Crippen LogP contribution in [0.3, 0.4) is 0 Å². The summed E-state index contributed by atoms with van der Waals surface area (Å²) in [6, 6.07) is 1.80. The molecule has 0 saturated carbocycles. The van der Waals surface area contributed by atoms with E-state index in [1.165, 1.54) is 7.11 Å². The maximum atomic E-state index is 11.0. The van der Waals surface area contributed by atoms with Crippen molar-refractivity contribution < 1.29 is 14.6 Å². The number of aromatic carboxylic acids is 1. The van der Waals surface area contributed by atoms with Crippen molar-refractivity contribution in [2.45, 2.75) is 12.8 Å². The lowest BCUT2D eigenvalue weighted by Crippen LogP contribution is -2.09. The van der Waals surface area contributed by atoms with Gasteiger partial charge in [-0.3, -0.25) is 0 Å². The van der Waals surface area contributed by atoms with Crippen molar-refractivity contribution in [2.24, 2.45) is 0 Å². The summed E-state index contributed by atoms with van der Waals surface area (Å²) in [4.78, 5) is 14.9. The van der Waals surface area contributed by atoms with Gasteiger partial charge in [0, 0.05) is 11.6 Å². The molecule has 0 saturated heterocycles. The lowest BCUT2D eigenvalue weighted by molar-refractivity contribution is 0.0689. The summed E-state index contributed by atoms with van der Waals surface area (Å²) in [5.74, 6) is -0.654. The van der Waals surface area contributed by atoms with Gasteiger partial charge in [0.05, 0.1) is 7.11 Å². The first-order valence-corrected chi connectivity index (χ1v) is 4.70. The highest BCUT2D eigenvalue weighted by atomic mass is 16.5. The van der Waals surface area contributed by atoms with E-state index in [4.69, 9.17) is 9.84 Å². The number of carboxylic acids is 1. The Hall–Kier alpha value is -1.84. The van der Waals surface area contributed by atoms with Gasteiger partial charge in [0.1, 0.15) is 0 Å². The fourth-order valence-electron chi connectivity index (χ4n) is 1.68. The van der Waals surface area contributed by atoms with Crippen LogP contribution in [-0.4, -0.2) is 23.2 Å². The van der Waals surface area contributed by atoms with Crippen LogP contribution < -0.4 is 4.74 Å². The van der Waals surface area contributed by atoms with Crippen LogP contribution in [0.2, 0.25) is 0 Å². The minimum Gasteiger partial charge on any atom is -0.481 e. The molecule has 4 heteroatoms. The van der Waals surface area contributed by atoms with E-state index >= 15 is 0 Å². The van der Waals surface area contributed by atoms with Crippen LogP contribution in [0.1, 0.15) is 28.0 Å². The second-order valence-electron chi connectivity index (χ2n) is 3.33. The van der Waals surface area contributed by atoms with Gasteiger partial charge in [-0.15, -0.1) is 0 Å². The number of aromatic nitrogens is 1. The van der Waals surface area contributed by atoms with Crippen LogP contribution in [0.15, 0.2) is 12.1 Å². The van der Waals surface area contributed by atoms with E-state index in [1.807, 2.05) is 12.2 Å². The molecular weight excluding hydrogens is 194 g/mol. The van der Waals surface area contributed by atoms with Crippen LogP contribution in [0, 0.1) is 0 Å². The molecule has 4 nitrogen and oxygen atoms in total. The number of methoxy groups -OCH3 is 1. The highest BCUT2D eigenvalue weighted by Crippen LogP contribution is 2.25. The molecule has 0 unspecified atom stereocenters. The normalized spacial score (nSPS) is 13.4. The Morgan fingerprint density at radius 1 is 1.60 bits per heavy atom. The molecule has 1 aliphatic carbocycles. The summed E-state index contributed by atoms with van der Waals surface area (Å²) in [5, 5.41) is 9.01. The van der Waals surface area contributed by atoms with Gasteiger partial charge in [0.15, 0.2) is 5.69 Å². The first-order chi connectivity index (χ1) is 7.22. The van der Waals surface area contributed by atoms with E-state index in [0.29, 0.717) is 11.4 Å². The zero-order valence-electron chi connectivity index (χ0n) is 8.36. The number of rotatable bonds is 2. The highest BCUT2D eigenvalue weighted by Gasteiger charge is 2.17. The predicted molar refractivity (Wildman–Crippen MR) is 55.1 cm³/mol. The summed E-state index contributed by atoms with van der Waals surface area (Å²) in [7, 11) is 1.49. The van der Waals surface area contributed by atoms with Crippen molar-refractivity contribution in [3.05, 3.63) is 29.0 Å². The molecule has 0 atom stereocenters. The summed E-state index contributed by atoms with van der Waals surface area (Å²) in [6.07, 6.45) is 5.54. The Kier molecular flexibility index (Phi) is 2.41. The summed E-state index contributed by atoms with van der Waals surface area (Å²) < 4.78 is 4.97. The molecule has 0 bridgehead atoms.